The van der Waals surface area contributed by atoms with Gasteiger partial charge in [-0.15, -0.1) is 0 Å². The molecule has 2 aromatic heterocycles. The zero-order valence-corrected chi connectivity index (χ0v) is 10.4. The number of imidazole rings is 1. The molecule has 0 bridgehead atoms. The maximum absolute atomic E-state index is 12.0. The Morgan fingerprint density at radius 3 is 2.89 bits per heavy atom. The Morgan fingerprint density at radius 2 is 2.11 bits per heavy atom. The van der Waals surface area contributed by atoms with Gasteiger partial charge in [-0.05, 0) is 30.3 Å². The molecule has 0 aliphatic heterocycles. The van der Waals surface area contributed by atoms with Gasteiger partial charge in [-0.3, -0.25) is 9.78 Å². The molecule has 19 heavy (non-hydrogen) atoms. The highest BCUT2D eigenvalue weighted by molar-refractivity contribution is 6.03. The van der Waals surface area contributed by atoms with Gasteiger partial charge in [0.2, 0.25) is 0 Å². The molecule has 0 unspecified atom stereocenters. The standard InChI is InChI=1S/C14H12N4O/c1-18-9-16-12-8-10(5-6-13(12)18)17-14(19)11-4-2-3-7-15-11/h2-9H,1H3,(H,17,19). The molecule has 0 radical (unpaired) electrons. The SMILES string of the molecule is Cn1cnc2cc(NC(=O)c3ccccn3)ccc21. The molecule has 0 aliphatic rings. The normalized spacial score (nSPS) is 10.6. The minimum Gasteiger partial charge on any atom is -0.334 e. The largest absolute Gasteiger partial charge is 0.334 e. The summed E-state index contributed by atoms with van der Waals surface area (Å²) < 4.78 is 1.93. The van der Waals surface area contributed by atoms with Crippen LogP contribution < -0.4 is 5.32 Å². The van der Waals surface area contributed by atoms with Gasteiger partial charge in [0.25, 0.3) is 5.91 Å². The number of benzene rings is 1. The number of rotatable bonds is 2. The Labute approximate surface area is 109 Å². The van der Waals surface area contributed by atoms with Crippen LogP contribution in [0.3, 0.4) is 0 Å². The molecule has 3 aromatic rings. The monoisotopic (exact) mass is 252 g/mol. The smallest absolute Gasteiger partial charge is 0.274 e. The zero-order chi connectivity index (χ0) is 13.2. The molecular weight excluding hydrogens is 240 g/mol. The van der Waals surface area contributed by atoms with Crippen molar-refractivity contribution in [3.63, 3.8) is 0 Å². The molecule has 0 saturated carbocycles. The molecule has 94 valence electrons. The van der Waals surface area contributed by atoms with Crippen molar-refractivity contribution in [3.8, 4) is 0 Å². The lowest BCUT2D eigenvalue weighted by atomic mass is 10.2. The van der Waals surface area contributed by atoms with Crippen LogP contribution in [0.4, 0.5) is 5.69 Å². The third-order valence-electron chi connectivity index (χ3n) is 2.88. The fraction of sp³-hybridized carbons (Fsp3) is 0.0714. The molecule has 0 fully saturated rings. The van der Waals surface area contributed by atoms with Crippen LogP contribution in [0.2, 0.25) is 0 Å². The Morgan fingerprint density at radius 1 is 1.21 bits per heavy atom. The maximum Gasteiger partial charge on any atom is 0.274 e. The summed E-state index contributed by atoms with van der Waals surface area (Å²) in [5.74, 6) is -0.226. The van der Waals surface area contributed by atoms with Gasteiger partial charge in [0.1, 0.15) is 5.69 Å². The summed E-state index contributed by atoms with van der Waals surface area (Å²) in [5, 5.41) is 2.81. The van der Waals surface area contributed by atoms with E-state index in [1.165, 1.54) is 0 Å². The highest BCUT2D eigenvalue weighted by Gasteiger charge is 2.07. The lowest BCUT2D eigenvalue weighted by molar-refractivity contribution is 0.102. The second-order valence-electron chi connectivity index (χ2n) is 4.23. The molecule has 5 nitrogen and oxygen atoms in total. The molecular formula is C14H12N4O. The highest BCUT2D eigenvalue weighted by Crippen LogP contribution is 2.17. The van der Waals surface area contributed by atoms with E-state index in [9.17, 15) is 4.79 Å². The third-order valence-corrected chi connectivity index (χ3v) is 2.88. The van der Waals surface area contributed by atoms with Crippen molar-refractivity contribution in [2.24, 2.45) is 7.05 Å². The second-order valence-corrected chi connectivity index (χ2v) is 4.23. The van der Waals surface area contributed by atoms with Crippen molar-refractivity contribution in [1.82, 2.24) is 14.5 Å². The van der Waals surface area contributed by atoms with E-state index in [1.54, 1.807) is 30.7 Å². The number of carbonyl (C=O) groups excluding carboxylic acids is 1. The first-order valence-corrected chi connectivity index (χ1v) is 5.87. The quantitative estimate of drug-likeness (QED) is 0.760. The van der Waals surface area contributed by atoms with Crippen LogP contribution in [0.5, 0.6) is 0 Å². The van der Waals surface area contributed by atoms with Crippen molar-refractivity contribution < 1.29 is 4.79 Å². The Hall–Kier alpha value is -2.69. The van der Waals surface area contributed by atoms with Gasteiger partial charge in [0.15, 0.2) is 0 Å². The minimum absolute atomic E-state index is 0.226. The van der Waals surface area contributed by atoms with E-state index < -0.39 is 0 Å². The topological polar surface area (TPSA) is 59.8 Å². The van der Waals surface area contributed by atoms with Crippen molar-refractivity contribution in [3.05, 3.63) is 54.6 Å². The number of fused-ring (bicyclic) bond motifs is 1. The van der Waals surface area contributed by atoms with Crippen LogP contribution in [0.1, 0.15) is 10.5 Å². The number of pyridine rings is 1. The molecule has 0 aliphatic carbocycles. The third kappa shape index (κ3) is 2.18. The van der Waals surface area contributed by atoms with Crippen molar-refractivity contribution in [1.29, 1.82) is 0 Å². The number of carbonyl (C=O) groups is 1. The van der Waals surface area contributed by atoms with Crippen LogP contribution in [0, 0.1) is 0 Å². The van der Waals surface area contributed by atoms with E-state index in [-0.39, 0.29) is 5.91 Å². The van der Waals surface area contributed by atoms with Gasteiger partial charge < -0.3 is 9.88 Å². The molecule has 1 N–H and O–H groups in total. The van der Waals surface area contributed by atoms with Crippen LogP contribution >= 0.6 is 0 Å². The van der Waals surface area contributed by atoms with Gasteiger partial charge in [-0.25, -0.2) is 4.98 Å². The van der Waals surface area contributed by atoms with E-state index in [2.05, 4.69) is 15.3 Å². The molecule has 1 amide bonds. The lowest BCUT2D eigenvalue weighted by Crippen LogP contribution is -2.13. The molecule has 2 heterocycles. The number of amides is 1. The van der Waals surface area contributed by atoms with E-state index in [4.69, 9.17) is 0 Å². The number of aromatic nitrogens is 3. The molecule has 3 rings (SSSR count). The van der Waals surface area contributed by atoms with Gasteiger partial charge in [-0.1, -0.05) is 6.07 Å². The Balaban J connectivity index is 1.87. The summed E-state index contributed by atoms with van der Waals surface area (Å²) in [4.78, 5) is 20.2. The number of hydrogen-bond donors (Lipinski definition) is 1. The van der Waals surface area contributed by atoms with Crippen molar-refractivity contribution in [2.45, 2.75) is 0 Å². The van der Waals surface area contributed by atoms with Gasteiger partial charge in [-0.2, -0.15) is 0 Å². The summed E-state index contributed by atoms with van der Waals surface area (Å²) in [6, 6.07) is 10.9. The Bertz CT molecular complexity index is 734. The first kappa shape index (κ1) is 11.4. The summed E-state index contributed by atoms with van der Waals surface area (Å²) >= 11 is 0. The van der Waals surface area contributed by atoms with Crippen molar-refractivity contribution >= 4 is 22.6 Å². The first-order chi connectivity index (χ1) is 9.24. The number of nitrogens with zero attached hydrogens (tertiary/aromatic N) is 3. The summed E-state index contributed by atoms with van der Waals surface area (Å²) in [7, 11) is 1.93. The summed E-state index contributed by atoms with van der Waals surface area (Å²) in [6.45, 7) is 0. The number of aryl methyl sites for hydroxylation is 1. The molecule has 0 saturated heterocycles. The molecule has 5 heteroatoms. The average molecular weight is 252 g/mol. The maximum atomic E-state index is 12.0. The predicted molar refractivity (Wildman–Crippen MR) is 72.9 cm³/mol. The lowest BCUT2D eigenvalue weighted by Gasteiger charge is -2.04. The minimum atomic E-state index is -0.226. The number of nitrogens with one attached hydrogen (secondary N) is 1. The number of anilines is 1. The zero-order valence-electron chi connectivity index (χ0n) is 10.4. The van der Waals surface area contributed by atoms with Crippen molar-refractivity contribution in [2.75, 3.05) is 5.32 Å². The van der Waals surface area contributed by atoms with E-state index in [1.807, 2.05) is 29.8 Å². The van der Waals surface area contributed by atoms with Crippen LogP contribution in [0.25, 0.3) is 11.0 Å². The van der Waals surface area contributed by atoms with Crippen LogP contribution in [0.15, 0.2) is 48.9 Å². The molecule has 1 aromatic carbocycles. The van der Waals surface area contributed by atoms with Gasteiger partial charge in [0.05, 0.1) is 17.4 Å². The van der Waals surface area contributed by atoms with Crippen LogP contribution in [-0.2, 0) is 7.05 Å². The first-order valence-electron chi connectivity index (χ1n) is 5.87. The number of hydrogen-bond acceptors (Lipinski definition) is 3. The van der Waals surface area contributed by atoms with Gasteiger partial charge in [0, 0.05) is 18.9 Å². The molecule has 0 spiro atoms. The predicted octanol–water partition coefficient (Wildman–Crippen LogP) is 2.22. The van der Waals surface area contributed by atoms with E-state index in [0.29, 0.717) is 11.4 Å². The van der Waals surface area contributed by atoms with Crippen LogP contribution in [-0.4, -0.2) is 20.4 Å². The van der Waals surface area contributed by atoms with E-state index >= 15 is 0 Å². The molecule has 0 atom stereocenters. The van der Waals surface area contributed by atoms with E-state index in [0.717, 1.165) is 11.0 Å². The summed E-state index contributed by atoms with van der Waals surface area (Å²) in [5.41, 5.74) is 2.97. The fourth-order valence-electron chi connectivity index (χ4n) is 1.91. The highest BCUT2D eigenvalue weighted by atomic mass is 16.1. The Kier molecular flexibility index (Phi) is 2.72. The van der Waals surface area contributed by atoms with Gasteiger partial charge >= 0.3 is 0 Å². The fourth-order valence-corrected chi connectivity index (χ4v) is 1.91. The second kappa shape index (κ2) is 4.53. The average Bonchev–Trinajstić information content (AvgIpc) is 2.81. The summed E-state index contributed by atoms with van der Waals surface area (Å²) in [6.07, 6.45) is 3.34.